The highest BCUT2D eigenvalue weighted by Gasteiger charge is 2.17. The predicted octanol–water partition coefficient (Wildman–Crippen LogP) is 3.97. The van der Waals surface area contributed by atoms with E-state index in [0.29, 0.717) is 13.1 Å². The molecule has 1 aromatic carbocycles. The van der Waals surface area contributed by atoms with Crippen LogP contribution in [-0.2, 0) is 16.0 Å². The Morgan fingerprint density at radius 1 is 1.35 bits per heavy atom. The maximum Gasteiger partial charge on any atom is 0.293 e. The number of hydrogen-bond acceptors (Lipinski definition) is 2. The minimum absolute atomic E-state index is 0.431. The average molecular weight is 299 g/mol. The smallest absolute Gasteiger partial charge is 0.293 e. The summed E-state index contributed by atoms with van der Waals surface area (Å²) >= 11 is 3.44. The maximum atomic E-state index is 9.18. The Bertz CT molecular complexity index is 317. The second-order valence-corrected chi connectivity index (χ2v) is 5.09. The minimum Gasteiger partial charge on any atom is -0.468 e. The Hall–Kier alpha value is -0.830. The number of ether oxygens (including phenoxy) is 1. The number of carbonyl (C=O) groups is 1. The molecule has 0 heterocycles. The third kappa shape index (κ3) is 5.87. The Morgan fingerprint density at radius 2 is 2.00 bits per heavy atom. The van der Waals surface area contributed by atoms with Gasteiger partial charge in [-0.25, -0.2) is 0 Å². The molecule has 0 N–H and O–H groups in total. The van der Waals surface area contributed by atoms with Gasteiger partial charge in [0, 0.05) is 4.47 Å². The summed E-state index contributed by atoms with van der Waals surface area (Å²) in [4.78, 5) is 9.18. The van der Waals surface area contributed by atoms with E-state index in [2.05, 4.69) is 44.9 Å². The second-order valence-electron chi connectivity index (χ2n) is 4.18. The summed E-state index contributed by atoms with van der Waals surface area (Å²) in [6.45, 7) is 2.66. The molecule has 0 unspecified atom stereocenters. The summed E-state index contributed by atoms with van der Waals surface area (Å²) in [6.07, 6.45) is 5.61. The predicted molar refractivity (Wildman–Crippen MR) is 72.9 cm³/mol. The zero-order chi connectivity index (χ0) is 12.5. The van der Waals surface area contributed by atoms with Crippen LogP contribution in [-0.4, -0.2) is 13.1 Å². The zero-order valence-corrected chi connectivity index (χ0v) is 11.8. The molecule has 3 heteroatoms. The van der Waals surface area contributed by atoms with E-state index >= 15 is 0 Å². The molecule has 1 aliphatic rings. The van der Waals surface area contributed by atoms with E-state index in [4.69, 9.17) is 0 Å². The molecule has 0 radical (unpaired) electrons. The van der Waals surface area contributed by atoms with Crippen LogP contribution in [0.15, 0.2) is 28.7 Å². The van der Waals surface area contributed by atoms with E-state index in [-0.39, 0.29) is 0 Å². The Kier molecular flexibility index (Phi) is 6.94. The number of carbonyl (C=O) groups excluding carboxylic acids is 1. The minimum atomic E-state index is 0.431. The summed E-state index contributed by atoms with van der Waals surface area (Å²) in [5, 5.41) is 0. The summed E-state index contributed by atoms with van der Waals surface area (Å²) < 4.78 is 5.33. The van der Waals surface area contributed by atoms with Crippen molar-refractivity contribution in [1.29, 1.82) is 0 Å². The van der Waals surface area contributed by atoms with Crippen molar-refractivity contribution in [1.82, 2.24) is 0 Å². The topological polar surface area (TPSA) is 26.3 Å². The van der Waals surface area contributed by atoms with E-state index < -0.39 is 0 Å². The molecule has 1 saturated carbocycles. The Morgan fingerprint density at radius 3 is 2.35 bits per heavy atom. The molecule has 0 saturated heterocycles. The molecule has 0 aromatic heterocycles. The van der Waals surface area contributed by atoms with Gasteiger partial charge in [-0.15, -0.1) is 0 Å². The zero-order valence-electron chi connectivity index (χ0n) is 10.2. The van der Waals surface area contributed by atoms with Gasteiger partial charge in [-0.05, 0) is 37.0 Å². The van der Waals surface area contributed by atoms with Crippen molar-refractivity contribution in [2.75, 3.05) is 6.61 Å². The molecule has 2 nitrogen and oxygen atoms in total. The van der Waals surface area contributed by atoms with E-state index in [1.54, 1.807) is 6.92 Å². The van der Waals surface area contributed by atoms with Crippen LogP contribution in [0.3, 0.4) is 0 Å². The third-order valence-corrected chi connectivity index (χ3v) is 3.43. The average Bonchev–Trinajstić information content (AvgIpc) is 2.28. The largest absolute Gasteiger partial charge is 0.468 e. The monoisotopic (exact) mass is 298 g/mol. The van der Waals surface area contributed by atoms with Crippen molar-refractivity contribution in [3.8, 4) is 0 Å². The Balaban J connectivity index is 0.000000249. The first kappa shape index (κ1) is 14.2. The normalized spacial score (nSPS) is 14.2. The van der Waals surface area contributed by atoms with Crippen molar-refractivity contribution in [2.24, 2.45) is 5.92 Å². The van der Waals surface area contributed by atoms with E-state index in [1.165, 1.54) is 35.7 Å². The Labute approximate surface area is 111 Å². The number of hydrogen-bond donors (Lipinski definition) is 0. The lowest BCUT2D eigenvalue weighted by Crippen LogP contribution is -2.13. The van der Waals surface area contributed by atoms with Crippen molar-refractivity contribution in [2.45, 2.75) is 32.6 Å². The summed E-state index contributed by atoms with van der Waals surface area (Å²) in [5.74, 6) is 0.978. The molecule has 0 spiro atoms. The van der Waals surface area contributed by atoms with Gasteiger partial charge in [0.25, 0.3) is 6.47 Å². The first-order chi connectivity index (χ1) is 8.26. The van der Waals surface area contributed by atoms with Crippen molar-refractivity contribution in [3.05, 3.63) is 34.3 Å². The van der Waals surface area contributed by atoms with Crippen LogP contribution >= 0.6 is 15.9 Å². The second kappa shape index (κ2) is 8.29. The van der Waals surface area contributed by atoms with Crippen molar-refractivity contribution in [3.63, 3.8) is 0 Å². The lowest BCUT2D eigenvalue weighted by Gasteiger charge is -2.25. The molecule has 17 heavy (non-hydrogen) atoms. The number of halogens is 1. The third-order valence-electron chi connectivity index (χ3n) is 2.90. The molecule has 1 fully saturated rings. The molecule has 0 bridgehead atoms. The SMILES string of the molecule is Brc1ccc(CC2CCC2)cc1.CCOC=O. The van der Waals surface area contributed by atoms with Crippen LogP contribution in [0, 0.1) is 5.92 Å². The molecule has 0 amide bonds. The summed E-state index contributed by atoms with van der Waals surface area (Å²) in [5.41, 5.74) is 1.49. The first-order valence-electron chi connectivity index (χ1n) is 6.06. The lowest BCUT2D eigenvalue weighted by molar-refractivity contribution is -0.128. The quantitative estimate of drug-likeness (QED) is 0.786. The highest BCUT2D eigenvalue weighted by Crippen LogP contribution is 2.29. The van der Waals surface area contributed by atoms with E-state index in [0.717, 1.165) is 5.92 Å². The van der Waals surface area contributed by atoms with E-state index in [1.807, 2.05) is 0 Å². The van der Waals surface area contributed by atoms with Crippen LogP contribution < -0.4 is 0 Å². The van der Waals surface area contributed by atoms with Gasteiger partial charge in [-0.1, -0.05) is 47.3 Å². The maximum absolute atomic E-state index is 9.18. The molecule has 0 atom stereocenters. The van der Waals surface area contributed by atoms with Gasteiger partial charge in [0.15, 0.2) is 0 Å². The molecule has 2 rings (SSSR count). The first-order valence-corrected chi connectivity index (χ1v) is 6.85. The van der Waals surface area contributed by atoms with Gasteiger partial charge in [-0.3, -0.25) is 4.79 Å². The van der Waals surface area contributed by atoms with Gasteiger partial charge < -0.3 is 4.74 Å². The summed E-state index contributed by atoms with van der Waals surface area (Å²) in [6, 6.07) is 8.72. The molecular formula is C14H19BrO2. The van der Waals surface area contributed by atoms with Gasteiger partial charge in [0.2, 0.25) is 0 Å². The van der Waals surface area contributed by atoms with Gasteiger partial charge in [-0.2, -0.15) is 0 Å². The van der Waals surface area contributed by atoms with Crippen LogP contribution in [0.2, 0.25) is 0 Å². The molecule has 94 valence electrons. The van der Waals surface area contributed by atoms with Crippen LogP contribution in [0.4, 0.5) is 0 Å². The molecular weight excluding hydrogens is 280 g/mol. The van der Waals surface area contributed by atoms with Crippen LogP contribution in [0.5, 0.6) is 0 Å². The standard InChI is InChI=1S/C11H13Br.C3H6O2/c12-11-6-4-10(5-7-11)8-9-2-1-3-9;1-2-5-3-4/h4-7,9H,1-3,8H2;3H,2H2,1H3. The highest BCUT2D eigenvalue weighted by atomic mass is 79.9. The summed E-state index contributed by atoms with van der Waals surface area (Å²) in [7, 11) is 0. The van der Waals surface area contributed by atoms with Gasteiger partial charge in [0.05, 0.1) is 6.61 Å². The molecule has 0 aliphatic heterocycles. The lowest BCUT2D eigenvalue weighted by atomic mass is 9.81. The highest BCUT2D eigenvalue weighted by molar-refractivity contribution is 9.10. The van der Waals surface area contributed by atoms with Gasteiger partial charge in [0.1, 0.15) is 0 Å². The van der Waals surface area contributed by atoms with Crippen molar-refractivity contribution < 1.29 is 9.53 Å². The number of rotatable bonds is 4. The number of benzene rings is 1. The van der Waals surface area contributed by atoms with Crippen LogP contribution in [0.25, 0.3) is 0 Å². The fraction of sp³-hybridized carbons (Fsp3) is 0.500. The van der Waals surface area contributed by atoms with Crippen molar-refractivity contribution >= 4 is 22.4 Å². The molecule has 1 aromatic rings. The van der Waals surface area contributed by atoms with E-state index in [9.17, 15) is 4.79 Å². The fourth-order valence-electron chi connectivity index (χ4n) is 1.72. The fourth-order valence-corrected chi connectivity index (χ4v) is 1.98. The van der Waals surface area contributed by atoms with Gasteiger partial charge >= 0.3 is 0 Å². The molecule has 1 aliphatic carbocycles. The van der Waals surface area contributed by atoms with Crippen LogP contribution in [0.1, 0.15) is 31.7 Å².